The largest absolute Gasteiger partial charge is 0.370 e. The molecule has 0 radical (unpaired) electrons. The first-order valence-electron chi connectivity index (χ1n) is 6.40. The van der Waals surface area contributed by atoms with Gasteiger partial charge in [-0.1, -0.05) is 6.07 Å². The Balaban J connectivity index is 1.94. The van der Waals surface area contributed by atoms with E-state index in [0.29, 0.717) is 11.2 Å². The molecular formula is C14H14N4OS. The molecule has 3 aromatic heterocycles. The first kappa shape index (κ1) is 12.8. The quantitative estimate of drug-likeness (QED) is 0.799. The number of rotatable bonds is 4. The highest BCUT2D eigenvalue weighted by atomic mass is 32.1. The lowest BCUT2D eigenvalue weighted by Crippen LogP contribution is -2.20. The van der Waals surface area contributed by atoms with Crippen molar-refractivity contribution in [2.24, 2.45) is 0 Å². The molecule has 0 aliphatic carbocycles. The molecule has 0 aromatic carbocycles. The fourth-order valence-electron chi connectivity index (χ4n) is 2.01. The first-order chi connectivity index (χ1) is 9.78. The van der Waals surface area contributed by atoms with E-state index in [2.05, 4.69) is 15.3 Å². The number of anilines is 1. The Morgan fingerprint density at radius 3 is 3.10 bits per heavy atom. The summed E-state index contributed by atoms with van der Waals surface area (Å²) >= 11 is 1.42. The number of nitrogens with zero attached hydrogens (tertiary/aromatic N) is 3. The summed E-state index contributed by atoms with van der Waals surface area (Å²) in [4.78, 5) is 21.1. The van der Waals surface area contributed by atoms with Gasteiger partial charge >= 0.3 is 0 Å². The van der Waals surface area contributed by atoms with Gasteiger partial charge in [-0.15, -0.1) is 11.3 Å². The van der Waals surface area contributed by atoms with Gasteiger partial charge in [0.1, 0.15) is 10.5 Å². The molecule has 5 nitrogen and oxygen atoms in total. The Kier molecular flexibility index (Phi) is 3.47. The van der Waals surface area contributed by atoms with Gasteiger partial charge in [-0.25, -0.2) is 9.97 Å². The fraction of sp³-hybridized carbons (Fsp3) is 0.214. The van der Waals surface area contributed by atoms with Gasteiger partial charge in [-0.3, -0.25) is 9.36 Å². The van der Waals surface area contributed by atoms with Crippen LogP contribution in [-0.4, -0.2) is 21.1 Å². The molecule has 0 saturated heterocycles. The van der Waals surface area contributed by atoms with Crippen molar-refractivity contribution in [2.75, 3.05) is 11.9 Å². The van der Waals surface area contributed by atoms with Crippen molar-refractivity contribution < 1.29 is 0 Å². The van der Waals surface area contributed by atoms with E-state index >= 15 is 0 Å². The normalized spacial score (nSPS) is 10.8. The fourth-order valence-corrected chi connectivity index (χ4v) is 2.81. The van der Waals surface area contributed by atoms with E-state index in [1.54, 1.807) is 10.9 Å². The van der Waals surface area contributed by atoms with Gasteiger partial charge in [0.25, 0.3) is 5.56 Å². The maximum absolute atomic E-state index is 12.3. The van der Waals surface area contributed by atoms with Crippen molar-refractivity contribution in [3.63, 3.8) is 0 Å². The number of fused-ring (bicyclic) bond motifs is 1. The molecule has 3 rings (SSSR count). The van der Waals surface area contributed by atoms with Gasteiger partial charge in [-0.2, -0.15) is 0 Å². The van der Waals surface area contributed by atoms with Crippen LogP contribution in [0.2, 0.25) is 0 Å². The SMILES string of the molecule is CCNc1cccc(Cn2cnc3ccsc3c2=O)n1. The zero-order valence-corrected chi connectivity index (χ0v) is 11.9. The Hall–Kier alpha value is -2.21. The minimum absolute atomic E-state index is 0.0133. The smallest absolute Gasteiger partial charge is 0.271 e. The zero-order chi connectivity index (χ0) is 13.9. The van der Waals surface area contributed by atoms with Crippen LogP contribution >= 0.6 is 11.3 Å². The Labute approximate surface area is 119 Å². The van der Waals surface area contributed by atoms with Crippen molar-refractivity contribution in [3.05, 3.63) is 52.0 Å². The van der Waals surface area contributed by atoms with E-state index < -0.39 is 0 Å². The van der Waals surface area contributed by atoms with Crippen molar-refractivity contribution in [2.45, 2.75) is 13.5 Å². The summed E-state index contributed by atoms with van der Waals surface area (Å²) in [6.07, 6.45) is 1.58. The summed E-state index contributed by atoms with van der Waals surface area (Å²) < 4.78 is 2.28. The summed E-state index contributed by atoms with van der Waals surface area (Å²) in [6.45, 7) is 3.27. The molecule has 1 N–H and O–H groups in total. The molecule has 0 amide bonds. The average Bonchev–Trinajstić information content (AvgIpc) is 2.92. The van der Waals surface area contributed by atoms with Gasteiger partial charge in [0, 0.05) is 6.54 Å². The molecule has 102 valence electrons. The van der Waals surface area contributed by atoms with Crippen molar-refractivity contribution in [1.82, 2.24) is 14.5 Å². The van der Waals surface area contributed by atoms with Crippen LogP contribution in [0.3, 0.4) is 0 Å². The number of nitrogens with one attached hydrogen (secondary N) is 1. The molecule has 6 heteroatoms. The van der Waals surface area contributed by atoms with E-state index in [-0.39, 0.29) is 5.56 Å². The monoisotopic (exact) mass is 286 g/mol. The molecule has 20 heavy (non-hydrogen) atoms. The maximum Gasteiger partial charge on any atom is 0.271 e. The topological polar surface area (TPSA) is 59.8 Å². The van der Waals surface area contributed by atoms with E-state index in [0.717, 1.165) is 23.6 Å². The molecule has 0 spiro atoms. The van der Waals surface area contributed by atoms with Crippen molar-refractivity contribution in [1.29, 1.82) is 0 Å². The number of pyridine rings is 1. The molecule has 0 bridgehead atoms. The van der Waals surface area contributed by atoms with Crippen molar-refractivity contribution in [3.8, 4) is 0 Å². The van der Waals surface area contributed by atoms with Crippen molar-refractivity contribution >= 4 is 27.4 Å². The van der Waals surface area contributed by atoms with Crippen LogP contribution in [0, 0.1) is 0 Å². The number of hydrogen-bond acceptors (Lipinski definition) is 5. The number of aromatic nitrogens is 3. The molecule has 0 saturated carbocycles. The predicted molar refractivity (Wildman–Crippen MR) is 81.4 cm³/mol. The maximum atomic E-state index is 12.3. The zero-order valence-electron chi connectivity index (χ0n) is 11.0. The van der Waals surface area contributed by atoms with Crippen LogP contribution in [-0.2, 0) is 6.54 Å². The highest BCUT2D eigenvalue weighted by Gasteiger charge is 2.06. The minimum atomic E-state index is -0.0133. The van der Waals surface area contributed by atoms with E-state index in [9.17, 15) is 4.79 Å². The van der Waals surface area contributed by atoms with E-state index in [1.807, 2.05) is 36.6 Å². The van der Waals surface area contributed by atoms with E-state index in [1.165, 1.54) is 11.3 Å². The highest BCUT2D eigenvalue weighted by Crippen LogP contribution is 2.13. The number of thiophene rings is 1. The number of hydrogen-bond donors (Lipinski definition) is 1. The molecule has 3 aromatic rings. The molecule has 0 aliphatic rings. The van der Waals surface area contributed by atoms with Gasteiger partial charge in [-0.05, 0) is 30.5 Å². The second kappa shape index (κ2) is 5.42. The predicted octanol–water partition coefficient (Wildman–Crippen LogP) is 2.33. The lowest BCUT2D eigenvalue weighted by Gasteiger charge is -2.07. The Bertz CT molecular complexity index is 793. The van der Waals surface area contributed by atoms with Crippen LogP contribution in [0.5, 0.6) is 0 Å². The minimum Gasteiger partial charge on any atom is -0.370 e. The Morgan fingerprint density at radius 1 is 1.35 bits per heavy atom. The van der Waals surface area contributed by atoms with Gasteiger partial charge < -0.3 is 5.32 Å². The summed E-state index contributed by atoms with van der Waals surface area (Å²) in [5.74, 6) is 0.822. The second-order valence-corrected chi connectivity index (χ2v) is 5.27. The lowest BCUT2D eigenvalue weighted by molar-refractivity contribution is 0.731. The van der Waals surface area contributed by atoms with Gasteiger partial charge in [0.2, 0.25) is 0 Å². The van der Waals surface area contributed by atoms with Gasteiger partial charge in [0.15, 0.2) is 0 Å². The van der Waals surface area contributed by atoms with Crippen LogP contribution in [0.25, 0.3) is 10.2 Å². The van der Waals surface area contributed by atoms with Crippen LogP contribution in [0.15, 0.2) is 40.8 Å². The molecule has 0 unspecified atom stereocenters. The third-order valence-electron chi connectivity index (χ3n) is 2.93. The summed E-state index contributed by atoms with van der Waals surface area (Å²) in [7, 11) is 0. The lowest BCUT2D eigenvalue weighted by atomic mass is 10.3. The summed E-state index contributed by atoms with van der Waals surface area (Å²) in [6, 6.07) is 7.61. The molecule has 0 atom stereocenters. The van der Waals surface area contributed by atoms with Gasteiger partial charge in [0.05, 0.1) is 24.1 Å². The second-order valence-electron chi connectivity index (χ2n) is 4.36. The van der Waals surface area contributed by atoms with E-state index in [4.69, 9.17) is 0 Å². The molecule has 3 heterocycles. The first-order valence-corrected chi connectivity index (χ1v) is 7.28. The average molecular weight is 286 g/mol. The third kappa shape index (κ3) is 2.42. The van der Waals surface area contributed by atoms with Crippen LogP contribution < -0.4 is 10.9 Å². The van der Waals surface area contributed by atoms with Crippen LogP contribution in [0.1, 0.15) is 12.6 Å². The summed E-state index contributed by atoms with van der Waals surface area (Å²) in [5, 5.41) is 5.04. The molecule has 0 fully saturated rings. The Morgan fingerprint density at radius 2 is 2.25 bits per heavy atom. The molecule has 0 aliphatic heterocycles. The summed E-state index contributed by atoms with van der Waals surface area (Å²) in [5.41, 5.74) is 1.58. The third-order valence-corrected chi connectivity index (χ3v) is 3.82. The highest BCUT2D eigenvalue weighted by molar-refractivity contribution is 7.17. The standard InChI is InChI=1S/C14H14N4OS/c1-2-15-12-5-3-4-10(17-12)8-18-9-16-11-6-7-20-13(11)14(18)19/h3-7,9H,2,8H2,1H3,(H,15,17). The molecular weight excluding hydrogens is 272 g/mol. The van der Waals surface area contributed by atoms with Crippen LogP contribution in [0.4, 0.5) is 5.82 Å².